The molecule has 0 saturated heterocycles. The molecule has 3 N–H and O–H groups in total. The molecule has 0 aromatic carbocycles. The Morgan fingerprint density at radius 1 is 0.887 bits per heavy atom. The molecule has 4 rings (SSSR count). The number of rotatable bonds is 9. The van der Waals surface area contributed by atoms with Gasteiger partial charge in [-0.25, -0.2) is 29.5 Å². The van der Waals surface area contributed by atoms with Crippen LogP contribution in [0.5, 0.6) is 0 Å². The monoisotopic (exact) mass is 1060 g/mol. The molecule has 0 aliphatic heterocycles. The molecular weight excluding hydrogens is 1020 g/mol. The van der Waals surface area contributed by atoms with E-state index in [1.54, 1.807) is 26.8 Å². The third kappa shape index (κ3) is 18.4. The van der Waals surface area contributed by atoms with Gasteiger partial charge in [-0.2, -0.15) is 35.4 Å². The standard InChI is InChI=1S/C15H18ClIN4O2.C10H19NO5S.C6H3ClIN3.2H2S/c1-5-9(20-14(22)23-15(2,3)4)6-21-7-10(17)11-12(16)18-8-19-13(11)21;1-6-8(7-15-17(5,13)14)11-9(12)16-10(2,3)4;7-5-4-3(8)1-9-6(4)11-2-10-5;;/h5,7-9H,1,6H2,2-4H3,(H,20,22);6,8H,1,7H2,2-5H3,(H,11,12);1-2H,(H,9,10,11);2*1H2/t9-;8-;;;/m00.../s1. The zero-order valence-corrected chi connectivity index (χ0v) is 38.6. The summed E-state index contributed by atoms with van der Waals surface area (Å²) in [5, 5.41) is 7.82. The Balaban J connectivity index is 0.000000796. The van der Waals surface area contributed by atoms with Crippen LogP contribution in [0.25, 0.3) is 22.1 Å². The van der Waals surface area contributed by atoms with Gasteiger partial charge in [0, 0.05) is 26.1 Å². The minimum absolute atomic E-state index is 0. The van der Waals surface area contributed by atoms with Crippen LogP contribution in [0.15, 0.2) is 50.4 Å². The van der Waals surface area contributed by atoms with Gasteiger partial charge in [0.25, 0.3) is 10.1 Å². The Bertz CT molecular complexity index is 1950. The number of aromatic amines is 1. The molecule has 0 aliphatic carbocycles. The van der Waals surface area contributed by atoms with Gasteiger partial charge in [0.2, 0.25) is 0 Å². The van der Waals surface area contributed by atoms with Crippen molar-refractivity contribution in [3.05, 3.63) is 67.8 Å². The van der Waals surface area contributed by atoms with E-state index in [1.807, 2.05) is 37.7 Å². The number of halogens is 4. The summed E-state index contributed by atoms with van der Waals surface area (Å²) < 4.78 is 40.2. The number of hydrogen-bond donors (Lipinski definition) is 3. The molecule has 0 saturated carbocycles. The summed E-state index contributed by atoms with van der Waals surface area (Å²) in [6, 6.07) is -0.926. The molecule has 2 amide bonds. The fourth-order valence-electron chi connectivity index (χ4n) is 3.74. The van der Waals surface area contributed by atoms with Gasteiger partial charge in [0.1, 0.15) is 45.5 Å². The Kier molecular flexibility index (Phi) is 21.6. The number of amides is 2. The first-order valence-corrected chi connectivity index (χ1v) is 19.6. The summed E-state index contributed by atoms with van der Waals surface area (Å²) in [6.45, 7) is 18.1. The quantitative estimate of drug-likeness (QED) is 0.0662. The Hall–Kier alpha value is -2.09. The van der Waals surface area contributed by atoms with Crippen molar-refractivity contribution in [1.29, 1.82) is 0 Å². The molecule has 53 heavy (non-hydrogen) atoms. The van der Waals surface area contributed by atoms with Gasteiger partial charge in [-0.15, -0.1) is 13.2 Å². The average Bonchev–Trinajstić information content (AvgIpc) is 3.53. The predicted molar refractivity (Wildman–Crippen MR) is 235 cm³/mol. The zero-order chi connectivity index (χ0) is 38.7. The summed E-state index contributed by atoms with van der Waals surface area (Å²) in [5.41, 5.74) is 0.334. The van der Waals surface area contributed by atoms with Crippen molar-refractivity contribution < 1.29 is 31.7 Å². The zero-order valence-electron chi connectivity index (χ0n) is 30.0. The molecule has 0 bridgehead atoms. The predicted octanol–water partition coefficient (Wildman–Crippen LogP) is 7.25. The first kappa shape index (κ1) is 50.9. The lowest BCUT2D eigenvalue weighted by atomic mass is 10.2. The second kappa shape index (κ2) is 22.5. The van der Waals surface area contributed by atoms with Crippen molar-refractivity contribution in [1.82, 2.24) is 40.1 Å². The third-order valence-electron chi connectivity index (χ3n) is 5.76. The second-order valence-corrected chi connectivity index (χ2v) is 17.2. The van der Waals surface area contributed by atoms with Crippen molar-refractivity contribution in [2.45, 2.75) is 71.4 Å². The van der Waals surface area contributed by atoms with Crippen molar-refractivity contribution >= 4 is 140 Å². The summed E-state index contributed by atoms with van der Waals surface area (Å²) in [6.07, 6.45) is 9.45. The van der Waals surface area contributed by atoms with Gasteiger partial charge in [0.15, 0.2) is 0 Å². The van der Waals surface area contributed by atoms with Crippen molar-refractivity contribution in [2.24, 2.45) is 0 Å². The van der Waals surface area contributed by atoms with E-state index >= 15 is 0 Å². The van der Waals surface area contributed by atoms with E-state index in [1.165, 1.54) is 18.7 Å². The maximum atomic E-state index is 11.9. The molecule has 4 aromatic rings. The van der Waals surface area contributed by atoms with E-state index in [-0.39, 0.29) is 39.6 Å². The molecular formula is C31H44Cl2I2N8O7S3. The van der Waals surface area contributed by atoms with Gasteiger partial charge < -0.3 is 29.7 Å². The van der Waals surface area contributed by atoms with Crippen LogP contribution in [0.2, 0.25) is 10.3 Å². The van der Waals surface area contributed by atoms with Gasteiger partial charge in [-0.3, -0.25) is 4.18 Å². The van der Waals surface area contributed by atoms with Crippen LogP contribution in [0.3, 0.4) is 0 Å². The van der Waals surface area contributed by atoms with E-state index in [0.717, 1.165) is 29.8 Å². The lowest BCUT2D eigenvalue weighted by Crippen LogP contribution is -2.40. The van der Waals surface area contributed by atoms with Crippen LogP contribution in [-0.2, 0) is 30.3 Å². The fraction of sp³-hybridized carbons (Fsp3) is 0.419. The highest BCUT2D eigenvalue weighted by atomic mass is 127. The second-order valence-electron chi connectivity index (χ2n) is 12.5. The number of aromatic nitrogens is 6. The summed E-state index contributed by atoms with van der Waals surface area (Å²) in [5.74, 6) is 0. The SMILES string of the molecule is C=C[C@@H](COS(C)(=O)=O)NC(=O)OC(C)(C)C.C=C[C@@H](Cn1cc(I)c2c(Cl)ncnc21)NC(=O)OC(C)(C)C.Clc1ncnc2[nH]cc(I)c12.S.S. The number of alkyl carbamates (subject to hydrolysis) is 2. The molecule has 2 atom stereocenters. The normalized spacial score (nSPS) is 12.3. The minimum Gasteiger partial charge on any atom is -0.444 e. The van der Waals surface area contributed by atoms with Crippen LogP contribution in [0.1, 0.15) is 41.5 Å². The molecule has 15 nitrogen and oxygen atoms in total. The highest BCUT2D eigenvalue weighted by Gasteiger charge is 2.21. The first-order chi connectivity index (χ1) is 23.5. The maximum Gasteiger partial charge on any atom is 0.408 e. The minimum atomic E-state index is -3.54. The number of ether oxygens (including phenoxy) is 2. The molecule has 0 unspecified atom stereocenters. The van der Waals surface area contributed by atoms with E-state index < -0.39 is 39.5 Å². The van der Waals surface area contributed by atoms with Gasteiger partial charge in [-0.05, 0) is 86.7 Å². The molecule has 296 valence electrons. The first-order valence-electron chi connectivity index (χ1n) is 14.9. The van der Waals surface area contributed by atoms with Crippen LogP contribution in [0, 0.1) is 7.14 Å². The average molecular weight is 1060 g/mol. The highest BCUT2D eigenvalue weighted by molar-refractivity contribution is 14.1. The van der Waals surface area contributed by atoms with E-state index in [9.17, 15) is 18.0 Å². The largest absolute Gasteiger partial charge is 0.444 e. The molecule has 0 aliphatic rings. The van der Waals surface area contributed by atoms with Crippen LogP contribution >= 0.6 is 95.4 Å². The number of nitrogens with zero attached hydrogens (tertiary/aromatic N) is 5. The summed E-state index contributed by atoms with van der Waals surface area (Å²) in [7, 11) is -3.54. The number of H-pyrrole nitrogens is 1. The number of carbonyl (C=O) groups excluding carboxylic acids is 2. The van der Waals surface area contributed by atoms with E-state index in [4.69, 9.17) is 32.7 Å². The van der Waals surface area contributed by atoms with Crippen molar-refractivity contribution in [3.8, 4) is 0 Å². The number of fused-ring (bicyclic) bond motifs is 2. The molecule has 4 heterocycles. The molecule has 0 spiro atoms. The van der Waals surface area contributed by atoms with Crippen molar-refractivity contribution in [2.75, 3.05) is 12.9 Å². The maximum absolute atomic E-state index is 11.9. The fourth-order valence-corrected chi connectivity index (χ4v) is 6.42. The topological polar surface area (TPSA) is 192 Å². The number of nitrogens with one attached hydrogen (secondary N) is 3. The van der Waals surface area contributed by atoms with E-state index in [0.29, 0.717) is 22.5 Å². The smallest absolute Gasteiger partial charge is 0.408 e. The number of hydrogen-bond acceptors (Lipinski definition) is 11. The third-order valence-corrected chi connectivity index (χ3v) is 8.57. The lowest BCUT2D eigenvalue weighted by molar-refractivity contribution is 0.0494. The van der Waals surface area contributed by atoms with E-state index in [2.05, 4.69) is 98.1 Å². The Morgan fingerprint density at radius 2 is 1.38 bits per heavy atom. The number of carbonyl (C=O) groups is 2. The van der Waals surface area contributed by atoms with Crippen LogP contribution in [0.4, 0.5) is 9.59 Å². The Labute approximate surface area is 360 Å². The van der Waals surface area contributed by atoms with Crippen LogP contribution in [-0.4, -0.2) is 86.2 Å². The van der Waals surface area contributed by atoms with Gasteiger partial charge in [-0.1, -0.05) is 35.4 Å². The summed E-state index contributed by atoms with van der Waals surface area (Å²) in [4.78, 5) is 42.4. The molecule has 4 aromatic heterocycles. The van der Waals surface area contributed by atoms with Gasteiger partial charge in [0.05, 0.1) is 35.7 Å². The lowest BCUT2D eigenvalue weighted by Gasteiger charge is -2.22. The molecule has 22 heteroatoms. The highest BCUT2D eigenvalue weighted by Crippen LogP contribution is 2.27. The Morgan fingerprint density at radius 3 is 1.85 bits per heavy atom. The van der Waals surface area contributed by atoms with Crippen molar-refractivity contribution in [3.63, 3.8) is 0 Å². The summed E-state index contributed by atoms with van der Waals surface area (Å²) >= 11 is 16.3. The van der Waals surface area contributed by atoms with Gasteiger partial charge >= 0.3 is 12.2 Å². The van der Waals surface area contributed by atoms with Crippen LogP contribution < -0.4 is 10.6 Å². The molecule has 0 radical (unpaired) electrons. The molecule has 0 fully saturated rings.